The van der Waals surface area contributed by atoms with Gasteiger partial charge < -0.3 is 23.8 Å². The van der Waals surface area contributed by atoms with Crippen molar-refractivity contribution in [2.45, 2.75) is 57.2 Å². The number of ether oxygens (including phenoxy) is 4. The van der Waals surface area contributed by atoms with Crippen molar-refractivity contribution in [1.82, 2.24) is 10.2 Å². The first kappa shape index (κ1) is 36.7. The second-order valence-electron chi connectivity index (χ2n) is 14.1. The van der Waals surface area contributed by atoms with Gasteiger partial charge in [0.1, 0.15) is 27.1 Å². The molecular weight excluding hydrogens is 721 g/mol. The van der Waals surface area contributed by atoms with Gasteiger partial charge in [-0.1, -0.05) is 59.6 Å². The minimum atomic E-state index is -0.726. The van der Waals surface area contributed by atoms with Crippen LogP contribution in [0.4, 0.5) is 0 Å². The second-order valence-corrected chi connectivity index (χ2v) is 16.1. The van der Waals surface area contributed by atoms with E-state index in [9.17, 15) is 9.59 Å². The zero-order valence-electron chi connectivity index (χ0n) is 29.2. The third-order valence-electron chi connectivity index (χ3n) is 10.5. The van der Waals surface area contributed by atoms with Crippen LogP contribution in [0.25, 0.3) is 0 Å². The highest BCUT2D eigenvalue weighted by Crippen LogP contribution is 2.41. The van der Waals surface area contributed by atoms with Gasteiger partial charge in [0.2, 0.25) is 0 Å². The van der Waals surface area contributed by atoms with Gasteiger partial charge in [0, 0.05) is 28.8 Å². The number of halogens is 2. The maximum atomic E-state index is 13.8. The van der Waals surface area contributed by atoms with Gasteiger partial charge in [0.25, 0.3) is 0 Å². The second kappa shape index (κ2) is 16.6. The van der Waals surface area contributed by atoms with Gasteiger partial charge in [0.05, 0.1) is 20.3 Å². The maximum absolute atomic E-state index is 13.8. The third kappa shape index (κ3) is 8.92. The van der Waals surface area contributed by atoms with E-state index < -0.39 is 18.1 Å². The topological polar surface area (TPSA) is 100 Å². The van der Waals surface area contributed by atoms with Crippen LogP contribution in [-0.2, 0) is 27.2 Å². The summed E-state index contributed by atoms with van der Waals surface area (Å²) in [6.45, 7) is 4.63. The number of H-pyrrole nitrogens is 1. The number of nitrogens with zero attached hydrogens (tertiary/aromatic N) is 1. The van der Waals surface area contributed by atoms with Gasteiger partial charge in [-0.3, -0.25) is 5.32 Å². The number of hydrogen-bond acceptors (Lipinski definition) is 9. The lowest BCUT2D eigenvalue weighted by atomic mass is 9.73. The molecule has 0 amide bonds. The molecule has 9 nitrogen and oxygen atoms in total. The van der Waals surface area contributed by atoms with E-state index in [-0.39, 0.29) is 17.8 Å². The largest absolute Gasteiger partial charge is 0.493 e. The Morgan fingerprint density at radius 3 is 2.38 bits per heavy atom. The molecule has 1 aliphatic carbocycles. The molecule has 0 radical (unpaired) electrons. The van der Waals surface area contributed by atoms with E-state index in [0.29, 0.717) is 57.7 Å². The molecule has 3 saturated heterocycles. The molecule has 4 aromatic rings. The summed E-state index contributed by atoms with van der Waals surface area (Å²) < 4.78 is 23.9. The molecule has 4 fully saturated rings. The fourth-order valence-corrected chi connectivity index (χ4v) is 8.33. The van der Waals surface area contributed by atoms with Crippen molar-refractivity contribution >= 4 is 46.5 Å². The van der Waals surface area contributed by atoms with Crippen molar-refractivity contribution in [2.75, 3.05) is 40.0 Å². The fraction of sp³-hybridized carbons (Fsp3) is 0.425. The predicted molar refractivity (Wildman–Crippen MR) is 200 cm³/mol. The highest BCUT2D eigenvalue weighted by molar-refractivity contribution is 7.13. The summed E-state index contributed by atoms with van der Waals surface area (Å²) >= 11 is 14.4. The molecule has 2 bridgehead atoms. The zero-order valence-corrected chi connectivity index (χ0v) is 31.5. The minimum absolute atomic E-state index is 0.0825. The Bertz CT molecular complexity index is 1830. The summed E-state index contributed by atoms with van der Waals surface area (Å²) in [7, 11) is 1.60. The number of aromatic nitrogens is 1. The molecule has 8 rings (SSSR count). The van der Waals surface area contributed by atoms with Gasteiger partial charge in [-0.15, -0.1) is 11.3 Å². The number of piperidine rings is 3. The minimum Gasteiger partial charge on any atom is -0.493 e. The summed E-state index contributed by atoms with van der Waals surface area (Å²) in [5.41, 5.74) is 2.29. The summed E-state index contributed by atoms with van der Waals surface area (Å²) in [5.74, 6) is 0.969. The van der Waals surface area contributed by atoms with Crippen LogP contribution in [0.15, 0.2) is 73.1 Å². The van der Waals surface area contributed by atoms with Crippen molar-refractivity contribution in [3.05, 3.63) is 110 Å². The quantitative estimate of drug-likeness (QED) is 0.116. The van der Waals surface area contributed by atoms with Crippen LogP contribution < -0.4 is 19.8 Å². The van der Waals surface area contributed by atoms with Crippen molar-refractivity contribution in [3.8, 4) is 11.5 Å². The highest BCUT2D eigenvalue weighted by atomic mass is 35.5. The van der Waals surface area contributed by atoms with Gasteiger partial charge in [-0.2, -0.15) is 0 Å². The van der Waals surface area contributed by atoms with Crippen molar-refractivity contribution in [1.29, 1.82) is 0 Å². The number of aromatic amines is 1. The lowest BCUT2D eigenvalue weighted by Crippen LogP contribution is -2.50. The van der Waals surface area contributed by atoms with Crippen LogP contribution in [0, 0.1) is 11.3 Å². The Labute approximate surface area is 318 Å². The first-order valence-corrected chi connectivity index (χ1v) is 19.5. The first-order valence-electron chi connectivity index (χ1n) is 17.9. The lowest BCUT2D eigenvalue weighted by Gasteiger charge is -2.48. The van der Waals surface area contributed by atoms with Crippen LogP contribution in [0.5, 0.6) is 11.5 Å². The summed E-state index contributed by atoms with van der Waals surface area (Å²) in [5, 5.41) is 4.28. The maximum Gasteiger partial charge on any atom is 0.348 e. The number of thiophene rings is 1. The summed E-state index contributed by atoms with van der Waals surface area (Å²) in [6.07, 6.45) is 8.31. The van der Waals surface area contributed by atoms with Crippen LogP contribution in [-0.4, -0.2) is 56.8 Å². The SMILES string of the molecule is COc1ccc(C(Cc2c(Cl)c[nH+]cc2Cl)OC(=O)c2ccc(CNC(C(=O)OCC34CCN(CC3)CC4)c3ccccc3)s2)cc1OCC1CC1. The fourth-order valence-electron chi connectivity index (χ4n) is 6.96. The summed E-state index contributed by atoms with van der Waals surface area (Å²) in [6, 6.07) is 18.1. The molecule has 3 aliphatic heterocycles. The Balaban J connectivity index is 1.05. The first-order chi connectivity index (χ1) is 25.3. The average Bonchev–Trinajstić information content (AvgIpc) is 3.89. The normalized spacial score (nSPS) is 20.6. The molecule has 5 heterocycles. The molecule has 2 aromatic carbocycles. The van der Waals surface area contributed by atoms with Crippen LogP contribution in [0.2, 0.25) is 10.0 Å². The Hall–Kier alpha value is -3.67. The lowest BCUT2D eigenvalue weighted by molar-refractivity contribution is -0.377. The van der Waals surface area contributed by atoms with E-state index >= 15 is 0 Å². The van der Waals surface area contributed by atoms with Gasteiger partial charge in [0.15, 0.2) is 23.9 Å². The number of carbonyl (C=O) groups is 2. The molecule has 12 heteroatoms. The number of methoxy groups -OCH3 is 1. The Morgan fingerprint density at radius 2 is 1.69 bits per heavy atom. The number of rotatable bonds is 16. The van der Waals surface area contributed by atoms with Crippen LogP contribution in [0.1, 0.15) is 75.5 Å². The Morgan fingerprint density at radius 1 is 0.962 bits per heavy atom. The number of hydrogen-bond donors (Lipinski definition) is 1. The smallest absolute Gasteiger partial charge is 0.348 e. The van der Waals surface area contributed by atoms with Gasteiger partial charge in [-0.05, 0) is 93.0 Å². The van der Waals surface area contributed by atoms with Gasteiger partial charge in [-0.25, -0.2) is 14.6 Å². The number of nitrogens with one attached hydrogen (secondary N) is 2. The number of esters is 2. The molecule has 2 N–H and O–H groups in total. The average molecular weight is 766 g/mol. The Kier molecular flexibility index (Phi) is 11.7. The number of pyridine rings is 1. The van der Waals surface area contributed by atoms with Crippen LogP contribution in [0.3, 0.4) is 0 Å². The zero-order chi connectivity index (χ0) is 36.1. The van der Waals surface area contributed by atoms with E-state index in [1.807, 2.05) is 54.6 Å². The molecule has 52 heavy (non-hydrogen) atoms. The standard InChI is InChI=1S/C40H43Cl2N3O6S/c1-48-33-11-9-28(19-35(33)49-24-26-7-8-26)34(20-30-31(41)22-43-23-32(30)42)51-38(46)36-12-10-29(52-36)21-44-37(27-5-3-2-4-6-27)39(47)50-25-40-13-16-45(17-14-40)18-15-40/h2-6,9-12,19,22-23,26,34,37,44H,7-8,13-18,20-21,24-25H2,1H3/p+1. The van der Waals surface area contributed by atoms with E-state index in [1.54, 1.807) is 25.6 Å². The molecule has 274 valence electrons. The molecule has 2 atom stereocenters. The van der Waals surface area contributed by atoms with Crippen molar-refractivity contribution in [2.24, 2.45) is 11.3 Å². The monoisotopic (exact) mass is 764 g/mol. The molecule has 2 unspecified atom stereocenters. The van der Waals surface area contributed by atoms with E-state index in [2.05, 4.69) is 15.2 Å². The van der Waals surface area contributed by atoms with Gasteiger partial charge >= 0.3 is 11.9 Å². The van der Waals surface area contributed by atoms with Crippen molar-refractivity contribution in [3.63, 3.8) is 0 Å². The van der Waals surface area contributed by atoms with E-state index in [0.717, 1.165) is 67.7 Å². The molecule has 4 aliphatic rings. The summed E-state index contributed by atoms with van der Waals surface area (Å²) in [4.78, 5) is 34.1. The van der Waals surface area contributed by atoms with Crippen molar-refractivity contribution < 1.29 is 33.5 Å². The predicted octanol–water partition coefficient (Wildman–Crippen LogP) is 7.67. The molecular formula is C40H44Cl2N3O6S+. The number of fused-ring (bicyclic) bond motifs is 3. The van der Waals surface area contributed by atoms with E-state index in [4.69, 9.17) is 42.1 Å². The van der Waals surface area contributed by atoms with Crippen LogP contribution >= 0.6 is 34.5 Å². The third-order valence-corrected chi connectivity index (χ3v) is 12.2. The number of carbonyl (C=O) groups excluding carboxylic acids is 2. The number of benzene rings is 2. The highest BCUT2D eigenvalue weighted by Gasteiger charge is 2.41. The molecule has 2 aromatic heterocycles. The molecule has 0 spiro atoms. The van der Waals surface area contributed by atoms with E-state index in [1.165, 1.54) is 11.3 Å². The molecule has 1 saturated carbocycles.